The van der Waals surface area contributed by atoms with Gasteiger partial charge in [-0.3, -0.25) is 4.79 Å². The molecule has 0 heterocycles. The number of ether oxygens (including phenoxy) is 1. The lowest BCUT2D eigenvalue weighted by molar-refractivity contribution is -0.140. The summed E-state index contributed by atoms with van der Waals surface area (Å²) in [5, 5.41) is 0. The summed E-state index contributed by atoms with van der Waals surface area (Å²) < 4.78 is 44.5. The maximum absolute atomic E-state index is 13.9. The van der Waals surface area contributed by atoms with E-state index in [1.165, 1.54) is 0 Å². The fourth-order valence-electron chi connectivity index (χ4n) is 1.62. The highest BCUT2D eigenvalue weighted by atomic mass is 79.9. The molecule has 0 saturated carbocycles. The first kappa shape index (κ1) is 17.9. The van der Waals surface area contributed by atoms with Crippen molar-refractivity contribution >= 4 is 37.6 Å². The summed E-state index contributed by atoms with van der Waals surface area (Å²) in [5.74, 6) is -1.67. The van der Waals surface area contributed by atoms with Crippen LogP contribution in [0.2, 0.25) is 0 Å². The lowest BCUT2D eigenvalue weighted by Gasteiger charge is -2.21. The van der Waals surface area contributed by atoms with Crippen LogP contribution in [0.3, 0.4) is 0 Å². The fourth-order valence-corrected chi connectivity index (χ4v) is 3.50. The number of carbonyl (C=O) groups is 1. The third kappa shape index (κ3) is 4.14. The predicted octanol–water partition coefficient (Wildman–Crippen LogP) is 1.74. The van der Waals surface area contributed by atoms with Crippen LogP contribution in [-0.2, 0) is 19.6 Å². The van der Waals surface area contributed by atoms with Crippen molar-refractivity contribution in [1.29, 1.82) is 0 Å². The number of anilines is 1. The molecule has 21 heavy (non-hydrogen) atoms. The van der Waals surface area contributed by atoms with E-state index in [-0.39, 0.29) is 16.7 Å². The Bertz CT molecular complexity index is 636. The highest BCUT2D eigenvalue weighted by Crippen LogP contribution is 2.28. The third-order valence-electron chi connectivity index (χ3n) is 2.68. The Morgan fingerprint density at radius 2 is 2.10 bits per heavy atom. The van der Waals surface area contributed by atoms with E-state index in [2.05, 4.69) is 20.7 Å². The zero-order valence-corrected chi connectivity index (χ0v) is 14.0. The first-order chi connectivity index (χ1) is 9.73. The van der Waals surface area contributed by atoms with E-state index in [4.69, 9.17) is 5.73 Å². The van der Waals surface area contributed by atoms with Gasteiger partial charge < -0.3 is 10.5 Å². The summed E-state index contributed by atoms with van der Waals surface area (Å²) in [6, 6.07) is 2.00. The number of carbonyl (C=O) groups excluding carboxylic acids is 1. The third-order valence-corrected chi connectivity index (χ3v) is 5.22. The molecule has 2 N–H and O–H groups in total. The van der Waals surface area contributed by atoms with E-state index < -0.39 is 33.3 Å². The van der Waals surface area contributed by atoms with Gasteiger partial charge in [-0.25, -0.2) is 12.8 Å². The monoisotopic (exact) mass is 382 g/mol. The maximum atomic E-state index is 13.9. The topological polar surface area (TPSA) is 89.7 Å². The van der Waals surface area contributed by atoms with E-state index >= 15 is 0 Å². The fraction of sp³-hybridized carbons (Fsp3) is 0.417. The Morgan fingerprint density at radius 3 is 2.62 bits per heavy atom. The average molecular weight is 383 g/mol. The summed E-state index contributed by atoms with van der Waals surface area (Å²) in [6.07, 6.45) is 0.462. The Kier molecular flexibility index (Phi) is 6.11. The van der Waals surface area contributed by atoms with Crippen molar-refractivity contribution in [2.24, 2.45) is 0 Å². The molecule has 0 aliphatic rings. The van der Waals surface area contributed by atoms with Crippen LogP contribution >= 0.6 is 15.9 Å². The quantitative estimate of drug-likeness (QED) is 0.597. The van der Waals surface area contributed by atoms with Crippen molar-refractivity contribution in [3.8, 4) is 0 Å². The van der Waals surface area contributed by atoms with Gasteiger partial charge in [0, 0.05) is 16.7 Å². The summed E-state index contributed by atoms with van der Waals surface area (Å²) >= 11 is 3.02. The second kappa shape index (κ2) is 7.19. The summed E-state index contributed by atoms with van der Waals surface area (Å²) in [5.41, 5.74) is 5.69. The van der Waals surface area contributed by atoms with Gasteiger partial charge in [-0.05, 0) is 34.5 Å². The zero-order chi connectivity index (χ0) is 16.2. The Balaban J connectivity index is 3.28. The number of benzene rings is 1. The zero-order valence-electron chi connectivity index (χ0n) is 11.6. The molecule has 1 aromatic rings. The molecular formula is C12H16BrFN2O4S. The van der Waals surface area contributed by atoms with Gasteiger partial charge in [-0.15, -0.1) is 0 Å². The Morgan fingerprint density at radius 1 is 1.48 bits per heavy atom. The van der Waals surface area contributed by atoms with Crippen LogP contribution in [0.1, 0.15) is 13.3 Å². The van der Waals surface area contributed by atoms with E-state index in [0.29, 0.717) is 6.42 Å². The molecule has 0 amide bonds. The highest BCUT2D eigenvalue weighted by molar-refractivity contribution is 9.10. The van der Waals surface area contributed by atoms with E-state index in [0.717, 1.165) is 23.5 Å². The van der Waals surface area contributed by atoms with Gasteiger partial charge in [0.05, 0.1) is 7.11 Å². The molecule has 0 aromatic heterocycles. The number of nitrogens with two attached hydrogens (primary N) is 1. The van der Waals surface area contributed by atoms with E-state index in [1.54, 1.807) is 6.92 Å². The van der Waals surface area contributed by atoms with E-state index in [1.807, 2.05) is 0 Å². The second-order valence-corrected chi connectivity index (χ2v) is 6.98. The Hall–Kier alpha value is -1.19. The number of hydrogen-bond acceptors (Lipinski definition) is 5. The number of esters is 1. The molecule has 0 atom stereocenters. The largest absolute Gasteiger partial charge is 0.468 e. The van der Waals surface area contributed by atoms with Crippen molar-refractivity contribution < 1.29 is 22.3 Å². The van der Waals surface area contributed by atoms with Crippen LogP contribution in [0.4, 0.5) is 10.1 Å². The number of rotatable bonds is 6. The molecule has 0 unspecified atom stereocenters. The summed E-state index contributed by atoms with van der Waals surface area (Å²) in [4.78, 5) is 10.8. The minimum absolute atomic E-state index is 0.0623. The molecule has 0 aliphatic heterocycles. The molecule has 0 radical (unpaired) electrons. The summed E-state index contributed by atoms with van der Waals surface area (Å²) in [6.45, 7) is 1.32. The molecule has 0 bridgehead atoms. The normalized spacial score (nSPS) is 11.7. The smallest absolute Gasteiger partial charge is 0.321 e. The van der Waals surface area contributed by atoms with Crippen LogP contribution in [0, 0.1) is 5.82 Å². The lowest BCUT2D eigenvalue weighted by atomic mass is 10.3. The minimum atomic E-state index is -4.18. The van der Waals surface area contributed by atoms with Crippen LogP contribution in [0.5, 0.6) is 0 Å². The van der Waals surface area contributed by atoms with Crippen LogP contribution in [0.15, 0.2) is 21.5 Å². The van der Waals surface area contributed by atoms with Crippen molar-refractivity contribution in [2.45, 2.75) is 18.2 Å². The molecule has 9 heteroatoms. The van der Waals surface area contributed by atoms with Gasteiger partial charge in [-0.2, -0.15) is 4.31 Å². The first-order valence-electron chi connectivity index (χ1n) is 6.05. The van der Waals surface area contributed by atoms with Crippen LogP contribution < -0.4 is 5.73 Å². The standard InChI is InChI=1S/C12H16BrFN2O4S/c1-3-4-16(7-12(17)20-2)21(18,19)11-6-10(15)8(13)5-9(11)14/h5-6H,3-4,7,15H2,1-2H3. The molecule has 0 saturated heterocycles. The SMILES string of the molecule is CCCN(CC(=O)OC)S(=O)(=O)c1cc(N)c(Br)cc1F. The molecule has 6 nitrogen and oxygen atoms in total. The van der Waals surface area contributed by atoms with Crippen molar-refractivity contribution in [2.75, 3.05) is 25.9 Å². The van der Waals surface area contributed by atoms with Gasteiger partial charge in [-0.1, -0.05) is 6.92 Å². The van der Waals surface area contributed by atoms with Crippen molar-refractivity contribution in [1.82, 2.24) is 4.31 Å². The van der Waals surface area contributed by atoms with Gasteiger partial charge >= 0.3 is 5.97 Å². The van der Waals surface area contributed by atoms with Gasteiger partial charge in [0.1, 0.15) is 17.3 Å². The van der Waals surface area contributed by atoms with Crippen molar-refractivity contribution in [3.63, 3.8) is 0 Å². The molecule has 1 aromatic carbocycles. The number of nitrogens with zero attached hydrogens (tertiary/aromatic N) is 1. The van der Waals surface area contributed by atoms with Gasteiger partial charge in [0.25, 0.3) is 0 Å². The molecule has 0 aliphatic carbocycles. The summed E-state index contributed by atoms with van der Waals surface area (Å²) in [7, 11) is -3.03. The van der Waals surface area contributed by atoms with Crippen LogP contribution in [-0.4, -0.2) is 38.9 Å². The molecule has 1 rings (SSSR count). The second-order valence-electron chi connectivity index (χ2n) is 4.22. The van der Waals surface area contributed by atoms with Gasteiger partial charge in [0.15, 0.2) is 0 Å². The number of nitrogen functional groups attached to an aromatic ring is 1. The maximum Gasteiger partial charge on any atom is 0.321 e. The molecule has 118 valence electrons. The average Bonchev–Trinajstić information content (AvgIpc) is 2.41. The van der Waals surface area contributed by atoms with Crippen molar-refractivity contribution in [3.05, 3.63) is 22.4 Å². The lowest BCUT2D eigenvalue weighted by Crippen LogP contribution is -2.37. The number of halogens is 2. The minimum Gasteiger partial charge on any atom is -0.468 e. The van der Waals surface area contributed by atoms with Crippen LogP contribution in [0.25, 0.3) is 0 Å². The molecule has 0 fully saturated rings. The molecule has 0 spiro atoms. The Labute approximate surface area is 131 Å². The van der Waals surface area contributed by atoms with E-state index in [9.17, 15) is 17.6 Å². The molecular weight excluding hydrogens is 367 g/mol. The predicted molar refractivity (Wildman–Crippen MR) is 79.6 cm³/mol. The first-order valence-corrected chi connectivity index (χ1v) is 8.28. The van der Waals surface area contributed by atoms with Gasteiger partial charge in [0.2, 0.25) is 10.0 Å². The number of methoxy groups -OCH3 is 1. The number of hydrogen-bond donors (Lipinski definition) is 1. The number of sulfonamides is 1. The highest BCUT2D eigenvalue weighted by Gasteiger charge is 2.29.